The average molecular weight is 316 g/mol. The summed E-state index contributed by atoms with van der Waals surface area (Å²) in [4.78, 5) is 14.0. The summed E-state index contributed by atoms with van der Waals surface area (Å²) in [6.07, 6.45) is 2.89. The second kappa shape index (κ2) is 7.58. The van der Waals surface area contributed by atoms with Gasteiger partial charge in [0.25, 0.3) is 0 Å². The molecule has 0 fully saturated rings. The first kappa shape index (κ1) is 16.7. The van der Waals surface area contributed by atoms with Gasteiger partial charge in [-0.05, 0) is 36.2 Å². The number of nitrogens with zero attached hydrogens (tertiary/aromatic N) is 4. The Kier molecular flexibility index (Phi) is 5.51. The van der Waals surface area contributed by atoms with Gasteiger partial charge < -0.3 is 9.30 Å². The van der Waals surface area contributed by atoms with Crippen molar-refractivity contribution in [2.24, 2.45) is 5.11 Å². The van der Waals surface area contributed by atoms with Gasteiger partial charge in [-0.2, -0.15) is 0 Å². The molecule has 0 amide bonds. The number of carbonyl (C=O) groups is 1. The first-order valence-electron chi connectivity index (χ1n) is 7.03. The van der Waals surface area contributed by atoms with Gasteiger partial charge in [-0.1, -0.05) is 17.2 Å². The van der Waals surface area contributed by atoms with Crippen LogP contribution in [0, 0.1) is 0 Å². The van der Waals surface area contributed by atoms with Gasteiger partial charge in [-0.25, -0.2) is 0 Å². The monoisotopic (exact) mass is 316 g/mol. The molecule has 2 aromatic rings. The summed E-state index contributed by atoms with van der Waals surface area (Å²) in [6.45, 7) is 0.711. The summed E-state index contributed by atoms with van der Waals surface area (Å²) in [6, 6.07) is 8.06. The van der Waals surface area contributed by atoms with Crippen LogP contribution >= 0.6 is 0 Å². The number of ketones is 1. The Morgan fingerprint density at radius 3 is 2.57 bits per heavy atom. The Balaban J connectivity index is 2.26. The van der Waals surface area contributed by atoms with Gasteiger partial charge in [0.1, 0.15) is 6.67 Å². The highest BCUT2D eigenvalue weighted by Gasteiger charge is 2.22. The molecule has 0 bridgehead atoms. The minimum Gasteiger partial charge on any atom is -0.376 e. The van der Waals surface area contributed by atoms with E-state index in [-0.39, 0.29) is 5.78 Å². The van der Waals surface area contributed by atoms with Crippen molar-refractivity contribution < 1.29 is 13.9 Å². The van der Waals surface area contributed by atoms with Crippen LogP contribution in [0.2, 0.25) is 0 Å². The second-order valence-corrected chi connectivity index (χ2v) is 5.04. The minimum absolute atomic E-state index is 0.0000279. The molecule has 0 aliphatic rings. The van der Waals surface area contributed by atoms with Gasteiger partial charge in [0.05, 0.1) is 12.1 Å². The topological polar surface area (TPSA) is 80.0 Å². The Bertz CT molecular complexity index is 720. The summed E-state index contributed by atoms with van der Waals surface area (Å²) in [5.74, 6) is -0.0000279. The number of aromatic nitrogens is 1. The molecule has 0 saturated carbocycles. The predicted octanol–water partition coefficient (Wildman–Crippen LogP) is 4.02. The molecule has 2 rings (SSSR count). The smallest absolute Gasteiger partial charge is 0.161 e. The first-order chi connectivity index (χ1) is 11.1. The van der Waals surface area contributed by atoms with Gasteiger partial charge in [-0.15, -0.1) is 0 Å². The van der Waals surface area contributed by atoms with Crippen molar-refractivity contribution in [1.82, 2.24) is 4.57 Å². The highest BCUT2D eigenvalue weighted by atomic mass is 19.1. The molecule has 0 aliphatic carbocycles. The van der Waals surface area contributed by atoms with Crippen LogP contribution in [0.3, 0.4) is 0 Å². The zero-order chi connectivity index (χ0) is 16.8. The molecule has 6 nitrogen and oxygen atoms in total. The summed E-state index contributed by atoms with van der Waals surface area (Å²) in [5.41, 5.74) is 10.7. The number of halogens is 1. The lowest BCUT2D eigenvalue weighted by Crippen LogP contribution is -2.20. The zero-order valence-corrected chi connectivity index (χ0v) is 12.9. The van der Waals surface area contributed by atoms with Crippen LogP contribution in [-0.4, -0.2) is 30.2 Å². The van der Waals surface area contributed by atoms with E-state index in [1.54, 1.807) is 30.6 Å². The van der Waals surface area contributed by atoms with E-state index in [0.717, 1.165) is 5.69 Å². The van der Waals surface area contributed by atoms with Gasteiger partial charge in [0.2, 0.25) is 0 Å². The fraction of sp³-hybridized carbons (Fsp3) is 0.312. The van der Waals surface area contributed by atoms with Crippen LogP contribution in [0.25, 0.3) is 16.1 Å². The van der Waals surface area contributed by atoms with Crippen LogP contribution in [-0.2, 0) is 4.74 Å². The van der Waals surface area contributed by atoms with E-state index in [9.17, 15) is 9.18 Å². The van der Waals surface area contributed by atoms with E-state index in [1.807, 2.05) is 16.7 Å². The number of alkyl halides is 1. The third-order valence-electron chi connectivity index (χ3n) is 3.58. The molecule has 0 radical (unpaired) electrons. The molecule has 0 aliphatic heterocycles. The van der Waals surface area contributed by atoms with Crippen molar-refractivity contribution >= 4 is 5.78 Å². The van der Waals surface area contributed by atoms with E-state index in [2.05, 4.69) is 10.0 Å². The molecule has 1 aromatic carbocycles. The van der Waals surface area contributed by atoms with E-state index in [4.69, 9.17) is 10.3 Å². The number of ether oxygens (including phenoxy) is 1. The molecule has 0 saturated heterocycles. The third-order valence-corrected chi connectivity index (χ3v) is 3.58. The standard InChI is InChI=1S/C16H17FN4O2/c1-11(22)13-7-8-21(10-13)14-5-3-12(4-6-14)16(23-2)15(9-17)19-20-18/h3-8,10,15-16H,9H2,1-2H3/t15-,16-/m1/s1. The highest BCUT2D eigenvalue weighted by Crippen LogP contribution is 2.25. The van der Waals surface area contributed by atoms with Gasteiger partial charge in [0, 0.05) is 35.7 Å². The van der Waals surface area contributed by atoms with Crippen LogP contribution in [0.1, 0.15) is 28.9 Å². The molecular weight excluding hydrogens is 299 g/mol. The predicted molar refractivity (Wildman–Crippen MR) is 84.4 cm³/mol. The molecule has 0 spiro atoms. The Hall–Kier alpha value is -2.63. The van der Waals surface area contributed by atoms with Crippen LogP contribution in [0.5, 0.6) is 0 Å². The molecular formula is C16H17FN4O2. The largest absolute Gasteiger partial charge is 0.376 e. The first-order valence-corrected chi connectivity index (χ1v) is 7.03. The zero-order valence-electron chi connectivity index (χ0n) is 12.9. The van der Waals surface area contributed by atoms with E-state index in [0.29, 0.717) is 11.1 Å². The number of Topliss-reactive ketones (excluding diaryl/α,β-unsaturated/α-hetero) is 1. The highest BCUT2D eigenvalue weighted by molar-refractivity contribution is 5.93. The van der Waals surface area contributed by atoms with E-state index >= 15 is 0 Å². The maximum atomic E-state index is 13.0. The summed E-state index contributed by atoms with van der Waals surface area (Å²) in [5, 5.41) is 3.43. The van der Waals surface area contributed by atoms with Crippen molar-refractivity contribution in [3.63, 3.8) is 0 Å². The van der Waals surface area contributed by atoms with Crippen LogP contribution < -0.4 is 0 Å². The van der Waals surface area contributed by atoms with E-state index in [1.165, 1.54) is 14.0 Å². The van der Waals surface area contributed by atoms with Crippen molar-refractivity contribution in [1.29, 1.82) is 0 Å². The minimum atomic E-state index is -0.910. The maximum Gasteiger partial charge on any atom is 0.161 e. The summed E-state index contributed by atoms with van der Waals surface area (Å²) < 4.78 is 20.1. The van der Waals surface area contributed by atoms with Gasteiger partial charge in [0.15, 0.2) is 5.78 Å². The number of hydrogen-bond acceptors (Lipinski definition) is 3. The van der Waals surface area contributed by atoms with Crippen molar-refractivity contribution in [2.75, 3.05) is 13.8 Å². The third kappa shape index (κ3) is 3.77. The molecule has 23 heavy (non-hydrogen) atoms. The number of methoxy groups -OCH3 is 1. The Morgan fingerprint density at radius 1 is 1.39 bits per heavy atom. The molecule has 0 N–H and O–H groups in total. The SMILES string of the molecule is CO[C@H](c1ccc(-n2ccc(C(C)=O)c2)cc1)[C@@H](CF)N=[N+]=[N-]. The fourth-order valence-corrected chi connectivity index (χ4v) is 2.36. The number of benzene rings is 1. The average Bonchev–Trinajstić information content (AvgIpc) is 3.05. The molecule has 7 heteroatoms. The van der Waals surface area contributed by atoms with Crippen LogP contribution in [0.4, 0.5) is 4.39 Å². The Morgan fingerprint density at radius 2 is 2.09 bits per heavy atom. The van der Waals surface area contributed by atoms with Gasteiger partial charge >= 0.3 is 0 Å². The van der Waals surface area contributed by atoms with Crippen molar-refractivity contribution in [2.45, 2.75) is 19.1 Å². The number of carbonyl (C=O) groups excluding carboxylic acids is 1. The second-order valence-electron chi connectivity index (χ2n) is 5.04. The maximum absolute atomic E-state index is 13.0. The normalized spacial score (nSPS) is 13.2. The van der Waals surface area contributed by atoms with E-state index < -0.39 is 18.8 Å². The summed E-state index contributed by atoms with van der Waals surface area (Å²) in [7, 11) is 1.44. The lowest BCUT2D eigenvalue weighted by molar-refractivity contribution is 0.0722. The Labute approximate surface area is 133 Å². The lowest BCUT2D eigenvalue weighted by atomic mass is 10.0. The molecule has 2 atom stereocenters. The van der Waals surface area contributed by atoms with Crippen LogP contribution in [0.15, 0.2) is 47.8 Å². The lowest BCUT2D eigenvalue weighted by Gasteiger charge is -2.20. The number of azide groups is 1. The molecule has 1 heterocycles. The molecule has 0 unspecified atom stereocenters. The molecule has 1 aromatic heterocycles. The number of rotatable bonds is 7. The summed E-state index contributed by atoms with van der Waals surface area (Å²) >= 11 is 0. The fourth-order valence-electron chi connectivity index (χ4n) is 2.36. The number of hydrogen-bond donors (Lipinski definition) is 0. The van der Waals surface area contributed by atoms with Crippen molar-refractivity contribution in [3.8, 4) is 5.69 Å². The van der Waals surface area contributed by atoms with Crippen molar-refractivity contribution in [3.05, 3.63) is 64.3 Å². The van der Waals surface area contributed by atoms with Gasteiger partial charge in [-0.3, -0.25) is 9.18 Å². The molecule has 120 valence electrons. The quantitative estimate of drug-likeness (QED) is 0.335.